The molecule has 1 amide bonds. The Morgan fingerprint density at radius 2 is 1.96 bits per heavy atom. The first-order valence-electron chi connectivity index (χ1n) is 9.57. The van der Waals surface area contributed by atoms with Crippen molar-refractivity contribution < 1.29 is 14.3 Å². The van der Waals surface area contributed by atoms with Crippen molar-refractivity contribution in [3.8, 4) is 10.6 Å². The normalized spacial score (nSPS) is 15.0. The van der Waals surface area contributed by atoms with E-state index in [2.05, 4.69) is 0 Å². The Morgan fingerprint density at radius 3 is 2.68 bits per heavy atom. The van der Waals surface area contributed by atoms with Crippen LogP contribution in [0.3, 0.4) is 0 Å². The van der Waals surface area contributed by atoms with Gasteiger partial charge in [-0.05, 0) is 43.3 Å². The molecule has 0 atom stereocenters. The second kappa shape index (κ2) is 8.10. The fourth-order valence-electron chi connectivity index (χ4n) is 3.65. The second-order valence-electron chi connectivity index (χ2n) is 6.87. The van der Waals surface area contributed by atoms with Gasteiger partial charge in [-0.2, -0.15) is 0 Å². The summed E-state index contributed by atoms with van der Waals surface area (Å²) in [6.45, 7) is 3.34. The van der Waals surface area contributed by atoms with Crippen molar-refractivity contribution in [1.29, 1.82) is 0 Å². The molecule has 1 aliphatic rings. The first-order chi connectivity index (χ1) is 13.7. The largest absolute Gasteiger partial charge is 0.466 e. The molecule has 0 N–H and O–H groups in total. The predicted octanol–water partition coefficient (Wildman–Crippen LogP) is 4.38. The van der Waals surface area contributed by atoms with E-state index in [9.17, 15) is 9.59 Å². The lowest BCUT2D eigenvalue weighted by molar-refractivity contribution is -0.149. The summed E-state index contributed by atoms with van der Waals surface area (Å²) < 4.78 is 5.13. The number of likely N-dealkylation sites (tertiary alicyclic amines) is 1. The van der Waals surface area contributed by atoms with Gasteiger partial charge in [0.1, 0.15) is 0 Å². The molecule has 3 heterocycles. The molecular formula is C22H22N2O3S. The Hall–Kier alpha value is -2.73. The zero-order valence-corrected chi connectivity index (χ0v) is 16.6. The van der Waals surface area contributed by atoms with E-state index in [1.54, 1.807) is 11.3 Å². The van der Waals surface area contributed by atoms with Gasteiger partial charge in [0.15, 0.2) is 0 Å². The average molecular weight is 394 g/mol. The molecule has 0 saturated carbocycles. The molecule has 28 heavy (non-hydrogen) atoms. The summed E-state index contributed by atoms with van der Waals surface area (Å²) in [5.41, 5.74) is 2.31. The fraction of sp³-hybridized carbons (Fsp3) is 0.318. The van der Waals surface area contributed by atoms with Gasteiger partial charge in [-0.15, -0.1) is 11.3 Å². The molecule has 0 radical (unpaired) electrons. The van der Waals surface area contributed by atoms with Crippen LogP contribution in [0.1, 0.15) is 30.1 Å². The summed E-state index contributed by atoms with van der Waals surface area (Å²) in [6.07, 6.45) is 1.29. The molecule has 3 aromatic rings. The summed E-state index contributed by atoms with van der Waals surface area (Å²) in [5, 5.41) is 2.87. The van der Waals surface area contributed by atoms with Gasteiger partial charge < -0.3 is 9.64 Å². The van der Waals surface area contributed by atoms with Crippen molar-refractivity contribution in [1.82, 2.24) is 9.88 Å². The van der Waals surface area contributed by atoms with Gasteiger partial charge in [0, 0.05) is 18.5 Å². The number of thiophene rings is 1. The Labute approximate surface area is 168 Å². The highest BCUT2D eigenvalue weighted by Crippen LogP contribution is 2.29. The number of amides is 1. The zero-order chi connectivity index (χ0) is 19.5. The first-order valence-corrected chi connectivity index (χ1v) is 10.4. The van der Waals surface area contributed by atoms with Crippen molar-refractivity contribution in [3.63, 3.8) is 0 Å². The van der Waals surface area contributed by atoms with Crippen LogP contribution in [0.2, 0.25) is 0 Å². The van der Waals surface area contributed by atoms with Gasteiger partial charge in [0.2, 0.25) is 0 Å². The number of carbonyl (C=O) groups is 2. The number of hydrogen-bond acceptors (Lipinski definition) is 5. The molecule has 0 unspecified atom stereocenters. The van der Waals surface area contributed by atoms with Crippen LogP contribution in [0.25, 0.3) is 21.5 Å². The maximum Gasteiger partial charge on any atom is 0.309 e. The van der Waals surface area contributed by atoms with Crippen molar-refractivity contribution in [2.75, 3.05) is 19.7 Å². The number of nitrogens with zero attached hydrogens (tertiary/aromatic N) is 2. The number of benzene rings is 1. The average Bonchev–Trinajstić information content (AvgIpc) is 3.28. The third-order valence-electron chi connectivity index (χ3n) is 5.12. The second-order valence-corrected chi connectivity index (χ2v) is 7.82. The summed E-state index contributed by atoms with van der Waals surface area (Å²) >= 11 is 1.61. The standard InChI is InChI=1S/C22H22N2O3S/c1-2-27-22(26)15-9-11-24(12-10-15)21(25)17-14-19(20-8-5-13-28-20)23-18-7-4-3-6-16(17)18/h3-8,13-15H,2,9-12H2,1H3. The number of carbonyl (C=O) groups excluding carboxylic acids is 2. The summed E-state index contributed by atoms with van der Waals surface area (Å²) in [4.78, 5) is 32.9. The van der Waals surface area contributed by atoms with E-state index in [1.807, 2.05) is 59.7 Å². The topological polar surface area (TPSA) is 59.5 Å². The number of pyridine rings is 1. The number of esters is 1. The molecule has 0 aliphatic carbocycles. The maximum atomic E-state index is 13.3. The van der Waals surface area contributed by atoms with Crippen LogP contribution in [0.5, 0.6) is 0 Å². The lowest BCUT2D eigenvalue weighted by Gasteiger charge is -2.31. The third-order valence-corrected chi connectivity index (χ3v) is 6.01. The van der Waals surface area contributed by atoms with Gasteiger partial charge in [-0.25, -0.2) is 4.98 Å². The van der Waals surface area contributed by atoms with Crippen molar-refractivity contribution in [2.45, 2.75) is 19.8 Å². The van der Waals surface area contributed by atoms with E-state index in [0.717, 1.165) is 21.5 Å². The minimum absolute atomic E-state index is 0.00119. The smallest absolute Gasteiger partial charge is 0.309 e. The van der Waals surface area contributed by atoms with Gasteiger partial charge in [0.05, 0.1) is 34.2 Å². The highest BCUT2D eigenvalue weighted by Gasteiger charge is 2.29. The van der Waals surface area contributed by atoms with Gasteiger partial charge in [-0.3, -0.25) is 9.59 Å². The number of fused-ring (bicyclic) bond motifs is 1. The Bertz CT molecular complexity index is 992. The minimum Gasteiger partial charge on any atom is -0.466 e. The highest BCUT2D eigenvalue weighted by atomic mass is 32.1. The summed E-state index contributed by atoms with van der Waals surface area (Å²) in [7, 11) is 0. The Kier molecular flexibility index (Phi) is 5.39. The SMILES string of the molecule is CCOC(=O)C1CCN(C(=O)c2cc(-c3cccs3)nc3ccccc23)CC1. The molecule has 5 nitrogen and oxygen atoms in total. The molecular weight excluding hydrogens is 372 g/mol. The van der Waals surface area contributed by atoms with E-state index in [1.165, 1.54) is 0 Å². The van der Waals surface area contributed by atoms with E-state index in [0.29, 0.717) is 38.1 Å². The van der Waals surface area contributed by atoms with Crippen molar-refractivity contribution in [3.05, 3.63) is 53.4 Å². The predicted molar refractivity (Wildman–Crippen MR) is 110 cm³/mol. The molecule has 4 rings (SSSR count). The molecule has 0 spiro atoms. The molecule has 144 valence electrons. The quantitative estimate of drug-likeness (QED) is 0.616. The molecule has 0 bridgehead atoms. The number of hydrogen-bond donors (Lipinski definition) is 0. The van der Waals surface area contributed by atoms with E-state index < -0.39 is 0 Å². The van der Waals surface area contributed by atoms with Crippen LogP contribution in [0.4, 0.5) is 0 Å². The van der Waals surface area contributed by atoms with Crippen molar-refractivity contribution in [2.24, 2.45) is 5.92 Å². The monoisotopic (exact) mass is 394 g/mol. The minimum atomic E-state index is -0.149. The number of ether oxygens (including phenoxy) is 1. The molecule has 6 heteroatoms. The molecule has 1 fully saturated rings. The van der Waals surface area contributed by atoms with Gasteiger partial charge >= 0.3 is 5.97 Å². The van der Waals surface area contributed by atoms with Crippen molar-refractivity contribution >= 4 is 34.1 Å². The van der Waals surface area contributed by atoms with Crippen LogP contribution < -0.4 is 0 Å². The van der Waals surface area contributed by atoms with Crippen LogP contribution in [0, 0.1) is 5.92 Å². The number of para-hydroxylation sites is 1. The lowest BCUT2D eigenvalue weighted by Crippen LogP contribution is -2.40. The van der Waals surface area contributed by atoms with E-state index >= 15 is 0 Å². The van der Waals surface area contributed by atoms with Gasteiger partial charge in [-0.1, -0.05) is 24.3 Å². The van der Waals surface area contributed by atoms with E-state index in [4.69, 9.17) is 9.72 Å². The molecule has 2 aromatic heterocycles. The molecule has 1 aromatic carbocycles. The molecule has 1 saturated heterocycles. The highest BCUT2D eigenvalue weighted by molar-refractivity contribution is 7.13. The Balaban J connectivity index is 1.62. The first kappa shape index (κ1) is 18.6. The summed E-state index contributed by atoms with van der Waals surface area (Å²) in [5.74, 6) is -0.262. The van der Waals surface area contributed by atoms with E-state index in [-0.39, 0.29) is 17.8 Å². The zero-order valence-electron chi connectivity index (χ0n) is 15.8. The molecule has 1 aliphatic heterocycles. The van der Waals surface area contributed by atoms with Gasteiger partial charge in [0.25, 0.3) is 5.91 Å². The fourth-order valence-corrected chi connectivity index (χ4v) is 4.34. The van der Waals surface area contributed by atoms with Crippen LogP contribution in [-0.2, 0) is 9.53 Å². The lowest BCUT2D eigenvalue weighted by atomic mass is 9.96. The van der Waals surface area contributed by atoms with Crippen LogP contribution >= 0.6 is 11.3 Å². The summed E-state index contributed by atoms with van der Waals surface area (Å²) in [6, 6.07) is 13.6. The van der Waals surface area contributed by atoms with Crippen LogP contribution in [-0.4, -0.2) is 41.5 Å². The Morgan fingerprint density at radius 1 is 1.18 bits per heavy atom. The third kappa shape index (κ3) is 3.64. The maximum absolute atomic E-state index is 13.3. The number of rotatable bonds is 4. The van der Waals surface area contributed by atoms with Crippen LogP contribution in [0.15, 0.2) is 47.8 Å². The number of aromatic nitrogens is 1. The number of piperidine rings is 1.